The number of hydrogen-bond acceptors (Lipinski definition) is 3. The number of halogens is 3. The summed E-state index contributed by atoms with van der Waals surface area (Å²) in [6, 6.07) is 0.991. The lowest BCUT2D eigenvalue weighted by Crippen LogP contribution is -2.20. The van der Waals surface area contributed by atoms with E-state index >= 15 is 0 Å². The van der Waals surface area contributed by atoms with E-state index in [0.717, 1.165) is 13.2 Å². The van der Waals surface area contributed by atoms with Gasteiger partial charge in [-0.15, -0.1) is 0 Å². The smallest absolute Gasteiger partial charge is 0.354 e. The van der Waals surface area contributed by atoms with E-state index in [2.05, 4.69) is 25.7 Å². The molecule has 0 aromatic carbocycles. The number of aromatic amines is 1. The molecule has 0 saturated carbocycles. The first-order chi connectivity index (χ1) is 7.51. The first kappa shape index (κ1) is 12.8. The zero-order valence-corrected chi connectivity index (χ0v) is 9.81. The number of alkyl halides is 3. The maximum Gasteiger partial charge on any atom is 0.354 e. The molecule has 0 fully saturated rings. The van der Waals surface area contributed by atoms with Crippen LogP contribution in [0.2, 0.25) is 0 Å². The first-order valence-corrected chi connectivity index (χ1v) is 5.32. The van der Waals surface area contributed by atoms with Crippen molar-refractivity contribution in [2.24, 2.45) is 0 Å². The Morgan fingerprint density at radius 2 is 2.25 bits per heavy atom. The van der Waals surface area contributed by atoms with Crippen LogP contribution in [0.15, 0.2) is 10.9 Å². The molecular weight excluding hydrogens is 288 g/mol. The molecule has 0 aliphatic heterocycles. The monoisotopic (exact) mass is 295 g/mol. The Bertz CT molecular complexity index is 459. The van der Waals surface area contributed by atoms with Gasteiger partial charge in [-0.1, -0.05) is 15.9 Å². The standard InChI is InChI=1S/C9H8BrF2NO3/c1-16-9(15)6-4(3-10)2-5(7(11)12)8(14)13-6/h2,7H,3H2,1H3,(H,13,14). The van der Waals surface area contributed by atoms with Crippen LogP contribution in [-0.4, -0.2) is 18.1 Å². The van der Waals surface area contributed by atoms with Gasteiger partial charge in [-0.05, 0) is 11.6 Å². The first-order valence-electron chi connectivity index (χ1n) is 4.19. The van der Waals surface area contributed by atoms with Crippen molar-refractivity contribution in [3.8, 4) is 0 Å². The van der Waals surface area contributed by atoms with E-state index in [9.17, 15) is 18.4 Å². The average Bonchev–Trinajstić information content (AvgIpc) is 2.27. The van der Waals surface area contributed by atoms with E-state index in [1.165, 1.54) is 0 Å². The van der Waals surface area contributed by atoms with Gasteiger partial charge in [0.1, 0.15) is 5.69 Å². The van der Waals surface area contributed by atoms with E-state index in [0.29, 0.717) is 0 Å². The molecule has 4 nitrogen and oxygen atoms in total. The third kappa shape index (κ3) is 2.46. The second-order valence-corrected chi connectivity index (χ2v) is 3.44. The fourth-order valence-electron chi connectivity index (χ4n) is 1.14. The van der Waals surface area contributed by atoms with Crippen molar-refractivity contribution in [2.75, 3.05) is 7.11 Å². The minimum Gasteiger partial charge on any atom is -0.464 e. The number of esters is 1. The van der Waals surface area contributed by atoms with Gasteiger partial charge in [-0.2, -0.15) is 0 Å². The summed E-state index contributed by atoms with van der Waals surface area (Å²) in [5.74, 6) is -0.771. The predicted octanol–water partition coefficient (Wildman–Crippen LogP) is 1.99. The number of carbonyl (C=O) groups is 1. The summed E-state index contributed by atoms with van der Waals surface area (Å²) in [6.07, 6.45) is -2.88. The lowest BCUT2D eigenvalue weighted by Gasteiger charge is -2.07. The van der Waals surface area contributed by atoms with E-state index in [1.54, 1.807) is 0 Å². The molecule has 0 bridgehead atoms. The number of nitrogens with one attached hydrogen (secondary N) is 1. The lowest BCUT2D eigenvalue weighted by molar-refractivity contribution is 0.0592. The van der Waals surface area contributed by atoms with Crippen LogP contribution in [-0.2, 0) is 10.1 Å². The molecule has 88 valence electrons. The highest BCUT2D eigenvalue weighted by atomic mass is 79.9. The van der Waals surface area contributed by atoms with Crippen molar-refractivity contribution in [1.29, 1.82) is 0 Å². The molecule has 1 aromatic rings. The molecule has 1 heterocycles. The average molecular weight is 296 g/mol. The summed E-state index contributed by atoms with van der Waals surface area (Å²) in [5, 5.41) is 0.161. The van der Waals surface area contributed by atoms with Gasteiger partial charge >= 0.3 is 5.97 Å². The molecule has 0 radical (unpaired) electrons. The van der Waals surface area contributed by atoms with Crippen molar-refractivity contribution < 1.29 is 18.3 Å². The Balaban J connectivity index is 3.38. The quantitative estimate of drug-likeness (QED) is 0.685. The molecule has 1 N–H and O–H groups in total. The van der Waals surface area contributed by atoms with E-state index < -0.39 is 23.5 Å². The molecule has 0 atom stereocenters. The van der Waals surface area contributed by atoms with Gasteiger partial charge < -0.3 is 9.72 Å². The van der Waals surface area contributed by atoms with Crippen molar-refractivity contribution in [1.82, 2.24) is 4.98 Å². The molecule has 1 aromatic heterocycles. The molecule has 0 amide bonds. The van der Waals surface area contributed by atoms with Crippen LogP contribution in [0.4, 0.5) is 8.78 Å². The van der Waals surface area contributed by atoms with Crippen molar-refractivity contribution in [3.05, 3.63) is 33.2 Å². The molecular formula is C9H8BrF2NO3. The van der Waals surface area contributed by atoms with Crippen molar-refractivity contribution >= 4 is 21.9 Å². The second kappa shape index (κ2) is 5.20. The number of H-pyrrole nitrogens is 1. The third-order valence-electron chi connectivity index (χ3n) is 1.92. The summed E-state index contributed by atoms with van der Waals surface area (Å²) < 4.78 is 29.2. The Morgan fingerprint density at radius 3 is 2.69 bits per heavy atom. The van der Waals surface area contributed by atoms with Crippen LogP contribution in [0.5, 0.6) is 0 Å². The number of carbonyl (C=O) groups excluding carboxylic acids is 1. The Kier molecular flexibility index (Phi) is 4.17. The van der Waals surface area contributed by atoms with Crippen LogP contribution in [0.1, 0.15) is 28.0 Å². The normalized spacial score (nSPS) is 10.6. The van der Waals surface area contributed by atoms with Crippen molar-refractivity contribution in [3.63, 3.8) is 0 Å². The van der Waals surface area contributed by atoms with Crippen LogP contribution >= 0.6 is 15.9 Å². The third-order valence-corrected chi connectivity index (χ3v) is 2.52. The SMILES string of the molecule is COC(=O)c1[nH]c(=O)c(C(F)F)cc1CBr. The van der Waals surface area contributed by atoms with Gasteiger partial charge in [0.25, 0.3) is 12.0 Å². The highest BCUT2D eigenvalue weighted by Crippen LogP contribution is 2.19. The van der Waals surface area contributed by atoms with Crippen LogP contribution < -0.4 is 5.56 Å². The number of aromatic nitrogens is 1. The topological polar surface area (TPSA) is 59.2 Å². The van der Waals surface area contributed by atoms with Crippen LogP contribution in [0.3, 0.4) is 0 Å². The zero-order valence-electron chi connectivity index (χ0n) is 8.22. The zero-order chi connectivity index (χ0) is 12.3. The summed E-state index contributed by atoms with van der Waals surface area (Å²) in [7, 11) is 1.14. The molecule has 0 aliphatic rings. The van der Waals surface area contributed by atoms with Crippen molar-refractivity contribution in [2.45, 2.75) is 11.8 Å². The minimum absolute atomic E-state index is 0.117. The van der Waals surface area contributed by atoms with Crippen LogP contribution in [0, 0.1) is 0 Å². The molecule has 0 spiro atoms. The molecule has 16 heavy (non-hydrogen) atoms. The van der Waals surface area contributed by atoms with Gasteiger partial charge in [0.05, 0.1) is 12.7 Å². The van der Waals surface area contributed by atoms with Gasteiger partial charge in [-0.3, -0.25) is 4.79 Å². The van der Waals surface area contributed by atoms with E-state index in [-0.39, 0.29) is 16.6 Å². The van der Waals surface area contributed by atoms with Crippen LogP contribution in [0.25, 0.3) is 0 Å². The maximum atomic E-state index is 12.4. The summed E-state index contributed by atoms with van der Waals surface area (Å²) in [5.41, 5.74) is -1.52. The molecule has 0 saturated heterocycles. The summed E-state index contributed by atoms with van der Waals surface area (Å²) in [4.78, 5) is 24.5. The highest BCUT2D eigenvalue weighted by molar-refractivity contribution is 9.08. The number of rotatable bonds is 3. The Hall–Kier alpha value is -1.24. The minimum atomic E-state index is -2.88. The number of hydrogen-bond donors (Lipinski definition) is 1. The molecule has 7 heteroatoms. The van der Waals surface area contributed by atoms with E-state index in [4.69, 9.17) is 0 Å². The summed E-state index contributed by atoms with van der Waals surface area (Å²) >= 11 is 3.04. The van der Waals surface area contributed by atoms with Gasteiger partial charge in [-0.25, -0.2) is 13.6 Å². The van der Waals surface area contributed by atoms with Gasteiger partial charge in [0.2, 0.25) is 0 Å². The Morgan fingerprint density at radius 1 is 1.62 bits per heavy atom. The fourth-order valence-corrected chi connectivity index (χ4v) is 1.59. The largest absolute Gasteiger partial charge is 0.464 e. The summed E-state index contributed by atoms with van der Waals surface area (Å²) in [6.45, 7) is 0. The van der Waals surface area contributed by atoms with Gasteiger partial charge in [0.15, 0.2) is 0 Å². The fraction of sp³-hybridized carbons (Fsp3) is 0.333. The van der Waals surface area contributed by atoms with E-state index in [1.807, 2.05) is 0 Å². The number of ether oxygens (including phenoxy) is 1. The maximum absolute atomic E-state index is 12.4. The number of pyridine rings is 1. The predicted molar refractivity (Wildman–Crippen MR) is 56.0 cm³/mol. The van der Waals surface area contributed by atoms with Gasteiger partial charge in [0, 0.05) is 5.33 Å². The lowest BCUT2D eigenvalue weighted by atomic mass is 10.1. The number of methoxy groups -OCH3 is 1. The Labute approximate surface area is 97.7 Å². The molecule has 0 unspecified atom stereocenters. The molecule has 0 aliphatic carbocycles. The second-order valence-electron chi connectivity index (χ2n) is 2.88. The molecule has 1 rings (SSSR count). The highest BCUT2D eigenvalue weighted by Gasteiger charge is 2.19.